The molecule has 0 atom stereocenters. The maximum absolute atomic E-state index is 13.4. The van der Waals surface area contributed by atoms with Crippen LogP contribution in [0.2, 0.25) is 5.15 Å². The van der Waals surface area contributed by atoms with Crippen LogP contribution >= 0.6 is 11.6 Å². The first-order chi connectivity index (χ1) is 8.97. The quantitative estimate of drug-likeness (QED) is 0.679. The van der Waals surface area contributed by atoms with Gasteiger partial charge in [0.05, 0.1) is 5.69 Å². The molecule has 2 aromatic rings. The van der Waals surface area contributed by atoms with Crippen LogP contribution in [0.4, 0.5) is 18.9 Å². The molecule has 0 fully saturated rings. The summed E-state index contributed by atoms with van der Waals surface area (Å²) >= 11 is 5.86. The monoisotopic (exact) mass is 286 g/mol. The fraction of sp³-hybridized carbons (Fsp3) is 0.154. The van der Waals surface area contributed by atoms with Gasteiger partial charge in [-0.05, 0) is 24.6 Å². The fourth-order valence-corrected chi connectivity index (χ4v) is 1.74. The van der Waals surface area contributed by atoms with Gasteiger partial charge in [0.25, 0.3) is 0 Å². The molecule has 2 nitrogen and oxygen atoms in total. The first-order valence-electron chi connectivity index (χ1n) is 5.47. The summed E-state index contributed by atoms with van der Waals surface area (Å²) in [5.74, 6) is -3.12. The minimum absolute atomic E-state index is 0.0106. The van der Waals surface area contributed by atoms with Crippen LogP contribution in [0.5, 0.6) is 0 Å². The number of aryl methyl sites for hydroxylation is 1. The number of nitrogens with one attached hydrogen (secondary N) is 1. The van der Waals surface area contributed by atoms with Crippen molar-refractivity contribution in [3.05, 3.63) is 58.1 Å². The van der Waals surface area contributed by atoms with Gasteiger partial charge in [-0.2, -0.15) is 0 Å². The summed E-state index contributed by atoms with van der Waals surface area (Å²) in [7, 11) is 0. The third-order valence-corrected chi connectivity index (χ3v) is 2.84. The van der Waals surface area contributed by atoms with E-state index in [1.54, 1.807) is 12.3 Å². The Morgan fingerprint density at radius 2 is 1.79 bits per heavy atom. The first-order valence-corrected chi connectivity index (χ1v) is 5.84. The molecule has 0 saturated carbocycles. The van der Waals surface area contributed by atoms with Crippen molar-refractivity contribution >= 4 is 17.3 Å². The van der Waals surface area contributed by atoms with Crippen molar-refractivity contribution in [3.8, 4) is 0 Å². The normalized spacial score (nSPS) is 10.6. The number of benzene rings is 1. The van der Waals surface area contributed by atoms with Crippen LogP contribution in [0, 0.1) is 24.4 Å². The lowest BCUT2D eigenvalue weighted by atomic mass is 10.2. The standard InChI is InChI=1S/C13H10ClF3N2/c1-7-2-12(13(14)19-5-7)18-6-8-3-10(16)11(17)4-9(8)15/h2-5,18H,6H2,1H3. The number of pyridine rings is 1. The van der Waals surface area contributed by atoms with Gasteiger partial charge in [0.15, 0.2) is 16.8 Å². The molecule has 0 aliphatic carbocycles. The van der Waals surface area contributed by atoms with Gasteiger partial charge in [0.2, 0.25) is 0 Å². The number of anilines is 1. The molecule has 100 valence electrons. The Hall–Kier alpha value is -1.75. The van der Waals surface area contributed by atoms with E-state index in [0.29, 0.717) is 11.8 Å². The summed E-state index contributed by atoms with van der Waals surface area (Å²) in [4.78, 5) is 3.92. The average Bonchev–Trinajstić information content (AvgIpc) is 2.36. The van der Waals surface area contributed by atoms with Crippen molar-refractivity contribution in [3.63, 3.8) is 0 Å². The molecule has 1 heterocycles. The van der Waals surface area contributed by atoms with Crippen molar-refractivity contribution < 1.29 is 13.2 Å². The number of nitrogens with zero attached hydrogens (tertiary/aromatic N) is 1. The molecule has 0 spiro atoms. The van der Waals surface area contributed by atoms with Gasteiger partial charge >= 0.3 is 0 Å². The van der Waals surface area contributed by atoms with Crippen molar-refractivity contribution in [2.24, 2.45) is 0 Å². The second-order valence-corrected chi connectivity index (χ2v) is 4.42. The van der Waals surface area contributed by atoms with Gasteiger partial charge in [-0.25, -0.2) is 18.2 Å². The Balaban J connectivity index is 2.19. The van der Waals surface area contributed by atoms with Crippen LogP contribution in [-0.4, -0.2) is 4.98 Å². The molecular formula is C13H10ClF3N2. The lowest BCUT2D eigenvalue weighted by Gasteiger charge is -2.09. The zero-order chi connectivity index (χ0) is 14.0. The van der Waals surface area contributed by atoms with Gasteiger partial charge in [-0.3, -0.25) is 0 Å². The van der Waals surface area contributed by atoms with E-state index < -0.39 is 17.5 Å². The molecule has 0 bridgehead atoms. The summed E-state index contributed by atoms with van der Waals surface area (Å²) in [6.07, 6.45) is 1.59. The van der Waals surface area contributed by atoms with E-state index in [2.05, 4.69) is 10.3 Å². The molecule has 0 amide bonds. The van der Waals surface area contributed by atoms with Crippen LogP contribution in [0.3, 0.4) is 0 Å². The Labute approximate surface area is 113 Å². The molecule has 0 radical (unpaired) electrons. The van der Waals surface area contributed by atoms with E-state index in [0.717, 1.165) is 11.6 Å². The van der Waals surface area contributed by atoms with Gasteiger partial charge in [-0.15, -0.1) is 0 Å². The summed E-state index contributed by atoms with van der Waals surface area (Å²) in [6, 6.07) is 3.06. The van der Waals surface area contributed by atoms with E-state index in [9.17, 15) is 13.2 Å². The van der Waals surface area contributed by atoms with E-state index in [1.807, 2.05) is 6.92 Å². The lowest BCUT2D eigenvalue weighted by molar-refractivity contribution is 0.490. The topological polar surface area (TPSA) is 24.9 Å². The Bertz CT molecular complexity index is 617. The van der Waals surface area contributed by atoms with Crippen LogP contribution in [0.1, 0.15) is 11.1 Å². The molecule has 2 rings (SSSR count). The Morgan fingerprint density at radius 1 is 1.11 bits per heavy atom. The van der Waals surface area contributed by atoms with Gasteiger partial charge in [0.1, 0.15) is 5.82 Å². The van der Waals surface area contributed by atoms with Gasteiger partial charge < -0.3 is 5.32 Å². The highest BCUT2D eigenvalue weighted by atomic mass is 35.5. The molecule has 1 N–H and O–H groups in total. The van der Waals surface area contributed by atoms with E-state index >= 15 is 0 Å². The maximum Gasteiger partial charge on any atom is 0.161 e. The second-order valence-electron chi connectivity index (χ2n) is 4.06. The molecule has 6 heteroatoms. The predicted octanol–water partition coefficient (Wildman–Crippen LogP) is 4.07. The van der Waals surface area contributed by atoms with E-state index in [1.165, 1.54) is 0 Å². The highest BCUT2D eigenvalue weighted by Gasteiger charge is 2.10. The van der Waals surface area contributed by atoms with Crippen LogP contribution in [-0.2, 0) is 6.54 Å². The number of hydrogen-bond acceptors (Lipinski definition) is 2. The molecule has 19 heavy (non-hydrogen) atoms. The third kappa shape index (κ3) is 3.17. The van der Waals surface area contributed by atoms with Gasteiger partial charge in [-0.1, -0.05) is 11.6 Å². The summed E-state index contributed by atoms with van der Waals surface area (Å²) in [5, 5.41) is 3.06. The van der Waals surface area contributed by atoms with Crippen LogP contribution in [0.25, 0.3) is 0 Å². The zero-order valence-corrected chi connectivity index (χ0v) is 10.7. The summed E-state index contributed by atoms with van der Waals surface area (Å²) < 4.78 is 39.2. The minimum atomic E-state index is -1.21. The van der Waals surface area contributed by atoms with E-state index in [4.69, 9.17) is 11.6 Å². The molecule has 0 aliphatic rings. The SMILES string of the molecule is Cc1cnc(Cl)c(NCc2cc(F)c(F)cc2F)c1. The average molecular weight is 287 g/mol. The number of halogens is 4. The fourth-order valence-electron chi connectivity index (χ4n) is 1.57. The number of aromatic nitrogens is 1. The van der Waals surface area contributed by atoms with Crippen molar-refractivity contribution in [2.75, 3.05) is 5.32 Å². The maximum atomic E-state index is 13.4. The minimum Gasteiger partial charge on any atom is -0.378 e. The predicted molar refractivity (Wildman–Crippen MR) is 67.6 cm³/mol. The van der Waals surface area contributed by atoms with Crippen molar-refractivity contribution in [1.82, 2.24) is 4.98 Å². The molecular weight excluding hydrogens is 277 g/mol. The summed E-state index contributed by atoms with van der Waals surface area (Å²) in [5.41, 5.74) is 1.39. The molecule has 0 aliphatic heterocycles. The summed E-state index contributed by atoms with van der Waals surface area (Å²) in [6.45, 7) is 1.81. The van der Waals surface area contributed by atoms with Crippen LogP contribution < -0.4 is 5.32 Å². The smallest absolute Gasteiger partial charge is 0.161 e. The molecule has 0 saturated heterocycles. The number of rotatable bonds is 3. The van der Waals surface area contributed by atoms with Crippen molar-refractivity contribution in [1.29, 1.82) is 0 Å². The zero-order valence-electron chi connectivity index (χ0n) is 9.98. The number of hydrogen-bond donors (Lipinski definition) is 1. The lowest BCUT2D eigenvalue weighted by Crippen LogP contribution is -2.04. The van der Waals surface area contributed by atoms with Crippen molar-refractivity contribution in [2.45, 2.75) is 13.5 Å². The van der Waals surface area contributed by atoms with Crippen LogP contribution in [0.15, 0.2) is 24.4 Å². The molecule has 0 unspecified atom stereocenters. The Morgan fingerprint density at radius 3 is 2.53 bits per heavy atom. The third-order valence-electron chi connectivity index (χ3n) is 2.53. The molecule has 1 aromatic carbocycles. The Kier molecular flexibility index (Phi) is 3.95. The van der Waals surface area contributed by atoms with E-state index in [-0.39, 0.29) is 17.3 Å². The largest absolute Gasteiger partial charge is 0.378 e. The highest BCUT2D eigenvalue weighted by molar-refractivity contribution is 6.31. The van der Waals surface area contributed by atoms with Gasteiger partial charge in [0, 0.05) is 24.4 Å². The second kappa shape index (κ2) is 5.48. The highest BCUT2D eigenvalue weighted by Crippen LogP contribution is 2.21. The molecule has 1 aromatic heterocycles. The first kappa shape index (κ1) is 13.7.